The molecule has 0 N–H and O–H groups in total. The molecule has 3 aliphatic heterocycles. The number of anilines is 6. The molecule has 4 heterocycles. The third-order valence-electron chi connectivity index (χ3n) is 17.7. The van der Waals surface area contributed by atoms with Gasteiger partial charge in [0.15, 0.2) is 0 Å². The molecule has 0 fully saturated rings. The van der Waals surface area contributed by atoms with Crippen molar-refractivity contribution in [2.75, 3.05) is 14.7 Å². The van der Waals surface area contributed by atoms with Crippen LogP contribution in [0.1, 0.15) is 117 Å². The van der Waals surface area contributed by atoms with Gasteiger partial charge in [-0.25, -0.2) is 0 Å². The molecule has 13 rings (SSSR count). The Hall–Kier alpha value is -6.30. The van der Waals surface area contributed by atoms with Gasteiger partial charge in [-0.2, -0.15) is 0 Å². The first-order chi connectivity index (χ1) is 34.6. The van der Waals surface area contributed by atoms with Gasteiger partial charge in [-0.3, -0.25) is 0 Å². The van der Waals surface area contributed by atoms with Gasteiger partial charge in [-0.15, -0.1) is 11.3 Å². The van der Waals surface area contributed by atoms with E-state index in [9.17, 15) is 0 Å². The second-order valence-corrected chi connectivity index (χ2v) is 27.0. The number of allylic oxidation sites excluding steroid dienone is 6. The topological polar surface area (TPSA) is 9.72 Å². The summed E-state index contributed by atoms with van der Waals surface area (Å²) in [4.78, 5) is 8.15. The molecule has 73 heavy (non-hydrogen) atoms. The summed E-state index contributed by atoms with van der Waals surface area (Å²) >= 11 is 1.93. The van der Waals surface area contributed by atoms with Crippen LogP contribution in [0.25, 0.3) is 25.9 Å². The zero-order valence-electron chi connectivity index (χ0n) is 45.5. The summed E-state index contributed by atoms with van der Waals surface area (Å²) in [6.45, 7) is 33.4. The third-order valence-corrected chi connectivity index (χ3v) is 18.9. The van der Waals surface area contributed by atoms with Crippen molar-refractivity contribution in [3.8, 4) is 0 Å². The normalized spacial score (nSPS) is 20.6. The van der Waals surface area contributed by atoms with Gasteiger partial charge in [0.25, 0.3) is 0 Å². The van der Waals surface area contributed by atoms with Crippen molar-refractivity contribution in [3.05, 3.63) is 195 Å². The van der Waals surface area contributed by atoms with Crippen LogP contribution in [0.3, 0.4) is 0 Å². The molecule has 5 heteroatoms. The number of aryl methyl sites for hydroxylation is 2. The fraction of sp³-hybridized carbons (Fsp3) is 0.324. The Balaban J connectivity index is 1.12. The van der Waals surface area contributed by atoms with Crippen molar-refractivity contribution in [1.82, 2.24) is 0 Å². The lowest BCUT2D eigenvalue weighted by Gasteiger charge is -2.50. The molecule has 366 valence electrons. The number of benzene rings is 6. The summed E-state index contributed by atoms with van der Waals surface area (Å²) in [5, 5.41) is 2.64. The number of fused-ring (bicyclic) bond motifs is 11. The van der Waals surface area contributed by atoms with E-state index in [0.29, 0.717) is 5.92 Å². The first kappa shape index (κ1) is 46.5. The van der Waals surface area contributed by atoms with Crippen LogP contribution < -0.4 is 25.6 Å². The van der Waals surface area contributed by atoms with E-state index in [2.05, 4.69) is 251 Å². The highest BCUT2D eigenvalue weighted by molar-refractivity contribution is 7.26. The Morgan fingerprint density at radius 2 is 1.44 bits per heavy atom. The summed E-state index contributed by atoms with van der Waals surface area (Å²) in [7, 11) is 0. The minimum absolute atomic E-state index is 0.0328. The van der Waals surface area contributed by atoms with Crippen molar-refractivity contribution >= 4 is 89.0 Å². The standard InChI is InChI=1S/C68H70BN3S/c1-39-32-57-61-58(33-39)72-62-49(60-63(72)48-21-15-17-23-50(48)68(60,13)14)36-44(67(10,11)12)37-52(62)69(61)51-29-28-45(38-56(51)71(57)55-24-19-22-47-46-20-16-18-25-59(46)73-64(47)55)70(53-30-26-42(34-40(53)2)65(4,5)6)54-31-27-43(35-41(54)3)66(7,8)9/h15-34,36-38,41,49,62H,35H2,1-14H3. The minimum Gasteiger partial charge on any atom is -0.334 e. The number of hydrogen-bond donors (Lipinski definition) is 0. The predicted molar refractivity (Wildman–Crippen MR) is 317 cm³/mol. The van der Waals surface area contributed by atoms with Gasteiger partial charge < -0.3 is 14.7 Å². The van der Waals surface area contributed by atoms with Crippen molar-refractivity contribution < 1.29 is 0 Å². The molecule has 0 saturated heterocycles. The highest BCUT2D eigenvalue weighted by Gasteiger charge is 2.59. The minimum atomic E-state index is -0.117. The number of hydrogen-bond acceptors (Lipinski definition) is 4. The van der Waals surface area contributed by atoms with Gasteiger partial charge in [0.2, 0.25) is 6.71 Å². The molecule has 1 aromatic heterocycles. The average molecular weight is 972 g/mol. The van der Waals surface area contributed by atoms with Crippen LogP contribution in [0.15, 0.2) is 167 Å². The second-order valence-electron chi connectivity index (χ2n) is 26.0. The molecule has 0 bridgehead atoms. The molecule has 3 unspecified atom stereocenters. The van der Waals surface area contributed by atoms with Crippen LogP contribution in [-0.2, 0) is 10.8 Å². The Labute approximate surface area is 439 Å². The second kappa shape index (κ2) is 15.6. The first-order valence-electron chi connectivity index (χ1n) is 27.0. The van der Waals surface area contributed by atoms with E-state index in [1.807, 2.05) is 11.3 Å². The summed E-state index contributed by atoms with van der Waals surface area (Å²) in [5.74, 6) is 0.561. The fourth-order valence-electron chi connectivity index (χ4n) is 14.0. The molecule has 0 amide bonds. The lowest BCUT2D eigenvalue weighted by atomic mass is 9.30. The van der Waals surface area contributed by atoms with E-state index >= 15 is 0 Å². The van der Waals surface area contributed by atoms with Crippen LogP contribution in [-0.4, -0.2) is 12.8 Å². The van der Waals surface area contributed by atoms with E-state index in [1.54, 1.807) is 5.57 Å². The summed E-state index contributed by atoms with van der Waals surface area (Å²) in [5.41, 5.74) is 26.0. The molecule has 3 atom stereocenters. The molecule has 6 aromatic carbocycles. The van der Waals surface area contributed by atoms with E-state index in [0.717, 1.165) is 6.42 Å². The zero-order chi connectivity index (χ0) is 51.0. The molecule has 0 radical (unpaired) electrons. The predicted octanol–water partition coefficient (Wildman–Crippen LogP) is 17.4. The highest BCUT2D eigenvalue weighted by atomic mass is 32.1. The summed E-state index contributed by atoms with van der Waals surface area (Å²) in [6, 6.07) is 45.4. The number of rotatable bonds is 4. The Morgan fingerprint density at radius 3 is 2.18 bits per heavy atom. The molecule has 6 aliphatic rings. The van der Waals surface area contributed by atoms with Gasteiger partial charge in [0, 0.05) is 72.4 Å². The van der Waals surface area contributed by atoms with Crippen LogP contribution >= 0.6 is 11.3 Å². The van der Waals surface area contributed by atoms with Gasteiger partial charge in [0.1, 0.15) is 0 Å². The quantitative estimate of drug-likeness (QED) is 0.163. The van der Waals surface area contributed by atoms with Crippen molar-refractivity contribution in [3.63, 3.8) is 0 Å². The molecule has 7 aromatic rings. The zero-order valence-corrected chi connectivity index (χ0v) is 46.4. The SMILES string of the molecule is Cc1cc2c3c(c1)N1C4=C(C5C=C(C(C)(C)C)C=C(B3c3ccc(N(C6=CC=C(C(C)(C)C)CC6C)c6ccc(C(C)(C)C)cc6C)cc3N2c2cccc3c2sc2ccccc23)C51)C(C)(C)c1ccccc14. The van der Waals surface area contributed by atoms with Gasteiger partial charge in [-0.05, 0) is 129 Å². The molecule has 3 nitrogen and oxygen atoms in total. The van der Waals surface area contributed by atoms with Crippen molar-refractivity contribution in [2.24, 2.45) is 22.7 Å². The maximum Gasteiger partial charge on any atom is 0.247 e. The molecule has 0 saturated carbocycles. The number of nitrogens with zero attached hydrogens (tertiary/aromatic N) is 3. The third kappa shape index (κ3) is 6.75. The first-order valence-corrected chi connectivity index (χ1v) is 27.8. The smallest absolute Gasteiger partial charge is 0.247 e. The average Bonchev–Trinajstić information content (AvgIpc) is 3.97. The highest BCUT2D eigenvalue weighted by Crippen LogP contribution is 2.62. The summed E-state index contributed by atoms with van der Waals surface area (Å²) in [6.07, 6.45) is 11.3. The van der Waals surface area contributed by atoms with Crippen molar-refractivity contribution in [2.45, 2.75) is 120 Å². The van der Waals surface area contributed by atoms with Crippen LogP contribution in [0, 0.1) is 36.5 Å². The molecular formula is C68H70BN3S. The van der Waals surface area contributed by atoms with E-state index in [1.165, 1.54) is 121 Å². The van der Waals surface area contributed by atoms with E-state index < -0.39 is 0 Å². The van der Waals surface area contributed by atoms with Crippen LogP contribution in [0.5, 0.6) is 0 Å². The Kier molecular flexibility index (Phi) is 9.95. The Bertz CT molecular complexity index is 3720. The van der Waals surface area contributed by atoms with E-state index in [4.69, 9.17) is 0 Å². The van der Waals surface area contributed by atoms with Gasteiger partial charge in [0.05, 0.1) is 22.1 Å². The van der Waals surface area contributed by atoms with Crippen molar-refractivity contribution in [1.29, 1.82) is 0 Å². The fourth-order valence-corrected chi connectivity index (χ4v) is 15.2. The number of thiophene rings is 1. The van der Waals surface area contributed by atoms with E-state index in [-0.39, 0.29) is 40.3 Å². The molecule has 0 spiro atoms. The lowest BCUT2D eigenvalue weighted by Crippen LogP contribution is -2.62. The maximum atomic E-state index is 2.83. The molecular weight excluding hydrogens is 902 g/mol. The lowest BCUT2D eigenvalue weighted by molar-refractivity contribution is 0.453. The maximum absolute atomic E-state index is 2.83. The monoisotopic (exact) mass is 972 g/mol. The Morgan fingerprint density at radius 1 is 0.699 bits per heavy atom. The van der Waals surface area contributed by atoms with Crippen LogP contribution in [0.2, 0.25) is 0 Å². The van der Waals surface area contributed by atoms with Gasteiger partial charge >= 0.3 is 0 Å². The van der Waals surface area contributed by atoms with Crippen LogP contribution in [0.4, 0.5) is 34.1 Å². The largest absolute Gasteiger partial charge is 0.334 e. The summed E-state index contributed by atoms with van der Waals surface area (Å²) < 4.78 is 2.65. The van der Waals surface area contributed by atoms with Gasteiger partial charge in [-0.1, -0.05) is 185 Å². The molecule has 3 aliphatic carbocycles.